The smallest absolute Gasteiger partial charge is 0.133 e. The van der Waals surface area contributed by atoms with Crippen LogP contribution in [0.25, 0.3) is 0 Å². The van der Waals surface area contributed by atoms with Gasteiger partial charge in [0.25, 0.3) is 0 Å². The van der Waals surface area contributed by atoms with Gasteiger partial charge >= 0.3 is 0 Å². The van der Waals surface area contributed by atoms with Crippen LogP contribution in [0.2, 0.25) is 0 Å². The van der Waals surface area contributed by atoms with Gasteiger partial charge < -0.3 is 0 Å². The zero-order chi connectivity index (χ0) is 9.56. The van der Waals surface area contributed by atoms with E-state index in [4.69, 9.17) is 5.26 Å². The van der Waals surface area contributed by atoms with Gasteiger partial charge in [0.05, 0.1) is 12.0 Å². The van der Waals surface area contributed by atoms with Crippen molar-refractivity contribution in [1.29, 1.82) is 5.26 Å². The van der Waals surface area contributed by atoms with E-state index in [1.807, 2.05) is 6.92 Å². The maximum Gasteiger partial charge on any atom is 0.133 e. The lowest BCUT2D eigenvalue weighted by Gasteiger charge is -2.09. The van der Waals surface area contributed by atoms with E-state index < -0.39 is 0 Å². The first-order chi connectivity index (χ1) is 5.60. The second-order valence-corrected chi connectivity index (χ2v) is 3.55. The van der Waals surface area contributed by atoms with Crippen molar-refractivity contribution in [3.63, 3.8) is 0 Å². The molecular weight excluding hydrogens is 150 g/mol. The van der Waals surface area contributed by atoms with Crippen molar-refractivity contribution < 1.29 is 4.79 Å². The molecule has 2 heteroatoms. The highest BCUT2D eigenvalue weighted by molar-refractivity contribution is 5.78. The molecule has 2 nitrogen and oxygen atoms in total. The summed E-state index contributed by atoms with van der Waals surface area (Å²) in [5.74, 6) is 0.624. The van der Waals surface area contributed by atoms with Crippen molar-refractivity contribution in [2.75, 3.05) is 0 Å². The van der Waals surface area contributed by atoms with Crippen LogP contribution in [-0.4, -0.2) is 5.78 Å². The summed E-state index contributed by atoms with van der Waals surface area (Å²) in [6.07, 6.45) is 1.82. The molecular formula is C10H17NO. The van der Waals surface area contributed by atoms with Gasteiger partial charge in [-0.25, -0.2) is 0 Å². The Labute approximate surface area is 74.6 Å². The first-order valence-corrected chi connectivity index (χ1v) is 4.51. The van der Waals surface area contributed by atoms with E-state index in [0.717, 1.165) is 6.42 Å². The third-order valence-corrected chi connectivity index (χ3v) is 1.81. The second kappa shape index (κ2) is 5.77. The number of hydrogen-bond donors (Lipinski definition) is 0. The lowest BCUT2D eigenvalue weighted by Crippen LogP contribution is -2.08. The molecule has 1 unspecified atom stereocenters. The highest BCUT2D eigenvalue weighted by Gasteiger charge is 2.13. The Morgan fingerprint density at radius 2 is 2.08 bits per heavy atom. The number of carbonyl (C=O) groups is 1. The van der Waals surface area contributed by atoms with Crippen LogP contribution in [-0.2, 0) is 4.79 Å². The number of hydrogen-bond acceptors (Lipinski definition) is 2. The van der Waals surface area contributed by atoms with Crippen molar-refractivity contribution in [2.24, 2.45) is 11.8 Å². The average Bonchev–Trinajstić information content (AvgIpc) is 2.02. The molecule has 0 saturated heterocycles. The van der Waals surface area contributed by atoms with Crippen molar-refractivity contribution >= 4 is 5.78 Å². The van der Waals surface area contributed by atoms with Crippen LogP contribution in [0.5, 0.6) is 0 Å². The largest absolute Gasteiger partial charge is 0.300 e. The lowest BCUT2D eigenvalue weighted by atomic mass is 9.93. The Hall–Kier alpha value is -0.840. The van der Waals surface area contributed by atoms with Crippen LogP contribution in [0.1, 0.15) is 40.0 Å². The summed E-state index contributed by atoms with van der Waals surface area (Å²) in [6, 6.07) is 2.18. The van der Waals surface area contributed by atoms with E-state index in [0.29, 0.717) is 18.8 Å². The number of carbonyl (C=O) groups excluding carboxylic acids is 1. The SMILES string of the molecule is CCC(=O)CC(C#N)CC(C)C. The van der Waals surface area contributed by atoms with Crippen LogP contribution in [0, 0.1) is 23.2 Å². The van der Waals surface area contributed by atoms with Gasteiger partial charge in [0.1, 0.15) is 5.78 Å². The molecule has 0 aliphatic rings. The van der Waals surface area contributed by atoms with Gasteiger partial charge in [-0.1, -0.05) is 20.8 Å². The molecule has 0 aromatic rings. The van der Waals surface area contributed by atoms with Gasteiger partial charge in [-0.3, -0.25) is 4.79 Å². The molecule has 0 heterocycles. The van der Waals surface area contributed by atoms with E-state index in [-0.39, 0.29) is 11.7 Å². The Bertz CT molecular complexity index is 179. The zero-order valence-corrected chi connectivity index (χ0v) is 8.13. The quantitative estimate of drug-likeness (QED) is 0.631. The Morgan fingerprint density at radius 3 is 2.42 bits per heavy atom. The summed E-state index contributed by atoms with van der Waals surface area (Å²) in [5.41, 5.74) is 0. The predicted molar refractivity (Wildman–Crippen MR) is 48.5 cm³/mol. The first kappa shape index (κ1) is 11.2. The van der Waals surface area contributed by atoms with E-state index in [9.17, 15) is 4.79 Å². The van der Waals surface area contributed by atoms with Crippen LogP contribution in [0.4, 0.5) is 0 Å². The highest BCUT2D eigenvalue weighted by atomic mass is 16.1. The highest BCUT2D eigenvalue weighted by Crippen LogP contribution is 2.15. The fourth-order valence-electron chi connectivity index (χ4n) is 1.17. The number of Topliss-reactive ketones (excluding diaryl/α,β-unsaturated/α-hetero) is 1. The van der Waals surface area contributed by atoms with Crippen molar-refractivity contribution in [3.05, 3.63) is 0 Å². The van der Waals surface area contributed by atoms with Gasteiger partial charge in [0.2, 0.25) is 0 Å². The van der Waals surface area contributed by atoms with Crippen LogP contribution in [0.3, 0.4) is 0 Å². The summed E-state index contributed by atoms with van der Waals surface area (Å²) in [6.45, 7) is 5.98. The molecule has 0 spiro atoms. The monoisotopic (exact) mass is 167 g/mol. The minimum atomic E-state index is -0.0718. The van der Waals surface area contributed by atoms with Gasteiger partial charge in [-0.05, 0) is 12.3 Å². The number of nitrogens with zero attached hydrogens (tertiary/aromatic N) is 1. The van der Waals surface area contributed by atoms with Crippen molar-refractivity contribution in [2.45, 2.75) is 40.0 Å². The average molecular weight is 167 g/mol. The minimum Gasteiger partial charge on any atom is -0.300 e. The molecule has 0 rings (SSSR count). The lowest BCUT2D eigenvalue weighted by molar-refractivity contribution is -0.119. The summed E-state index contributed by atoms with van der Waals surface area (Å²) >= 11 is 0. The van der Waals surface area contributed by atoms with Gasteiger partial charge in [-0.15, -0.1) is 0 Å². The molecule has 0 aliphatic carbocycles. The van der Waals surface area contributed by atoms with Crippen molar-refractivity contribution in [3.8, 4) is 6.07 Å². The molecule has 1 atom stereocenters. The summed E-state index contributed by atoms with van der Waals surface area (Å²) in [4.78, 5) is 11.0. The Kier molecular flexibility index (Phi) is 5.36. The van der Waals surface area contributed by atoms with E-state index in [2.05, 4.69) is 19.9 Å². The summed E-state index contributed by atoms with van der Waals surface area (Å²) in [7, 11) is 0. The number of ketones is 1. The molecule has 0 aromatic heterocycles. The Balaban J connectivity index is 3.85. The fraction of sp³-hybridized carbons (Fsp3) is 0.800. The normalized spacial score (nSPS) is 12.6. The number of nitriles is 1. The summed E-state index contributed by atoms with van der Waals surface area (Å²) in [5, 5.41) is 8.72. The number of rotatable bonds is 5. The molecule has 68 valence electrons. The third kappa shape index (κ3) is 4.90. The van der Waals surface area contributed by atoms with Crippen LogP contribution < -0.4 is 0 Å². The van der Waals surface area contributed by atoms with Crippen LogP contribution in [0.15, 0.2) is 0 Å². The molecule has 0 aromatic carbocycles. The molecule has 0 bridgehead atoms. The topological polar surface area (TPSA) is 40.9 Å². The molecule has 12 heavy (non-hydrogen) atoms. The van der Waals surface area contributed by atoms with E-state index >= 15 is 0 Å². The van der Waals surface area contributed by atoms with Gasteiger partial charge in [0, 0.05) is 12.8 Å². The fourth-order valence-corrected chi connectivity index (χ4v) is 1.17. The predicted octanol–water partition coefficient (Wildman–Crippen LogP) is 2.54. The third-order valence-electron chi connectivity index (χ3n) is 1.81. The molecule has 0 saturated carbocycles. The molecule has 0 N–H and O–H groups in total. The standard InChI is InChI=1S/C10H17NO/c1-4-10(12)6-9(7-11)5-8(2)3/h8-9H,4-6H2,1-3H3. The maximum absolute atomic E-state index is 11.0. The molecule has 0 amide bonds. The van der Waals surface area contributed by atoms with Gasteiger partial charge in [0.15, 0.2) is 0 Å². The zero-order valence-electron chi connectivity index (χ0n) is 8.13. The Morgan fingerprint density at radius 1 is 1.50 bits per heavy atom. The van der Waals surface area contributed by atoms with Crippen LogP contribution >= 0.6 is 0 Å². The second-order valence-electron chi connectivity index (χ2n) is 3.55. The molecule has 0 fully saturated rings. The summed E-state index contributed by atoms with van der Waals surface area (Å²) < 4.78 is 0. The van der Waals surface area contributed by atoms with E-state index in [1.54, 1.807) is 0 Å². The molecule has 0 radical (unpaired) electrons. The van der Waals surface area contributed by atoms with Crippen molar-refractivity contribution in [1.82, 2.24) is 0 Å². The minimum absolute atomic E-state index is 0.0718. The van der Waals surface area contributed by atoms with E-state index in [1.165, 1.54) is 0 Å². The first-order valence-electron chi connectivity index (χ1n) is 4.51. The maximum atomic E-state index is 11.0. The van der Waals surface area contributed by atoms with Gasteiger partial charge in [-0.2, -0.15) is 5.26 Å². The molecule has 0 aliphatic heterocycles.